The number of hydrogen-bond donors (Lipinski definition) is 1. The number of aromatic amines is 1. The monoisotopic (exact) mass is 317 g/mol. The molecule has 0 aliphatic carbocycles. The van der Waals surface area contributed by atoms with Crippen molar-refractivity contribution in [2.45, 2.75) is 13.8 Å². The van der Waals surface area contributed by atoms with E-state index in [0.717, 1.165) is 30.5 Å². The summed E-state index contributed by atoms with van der Waals surface area (Å²) in [6, 6.07) is 5.81. The number of methoxy groups -OCH3 is 2. The number of aromatic nitrogens is 1. The second-order valence-electron chi connectivity index (χ2n) is 5.07. The van der Waals surface area contributed by atoms with E-state index in [2.05, 4.69) is 29.8 Å². The van der Waals surface area contributed by atoms with Gasteiger partial charge in [0.1, 0.15) is 18.2 Å². The van der Waals surface area contributed by atoms with Crippen LogP contribution >= 0.6 is 0 Å². The fourth-order valence-corrected chi connectivity index (χ4v) is 2.53. The fraction of sp³-hybridized carbons (Fsp3) is 0.471. The summed E-state index contributed by atoms with van der Waals surface area (Å²) in [5.74, 6) is 1.69. The van der Waals surface area contributed by atoms with Crippen molar-refractivity contribution < 1.29 is 14.2 Å². The maximum Gasteiger partial charge on any atom is 0.210 e. The van der Waals surface area contributed by atoms with E-state index in [0.29, 0.717) is 29.5 Å². The van der Waals surface area contributed by atoms with Crippen LogP contribution in [-0.2, 0) is 0 Å². The third-order valence-corrected chi connectivity index (χ3v) is 3.93. The van der Waals surface area contributed by atoms with Crippen LogP contribution in [0.2, 0.25) is 0 Å². The Morgan fingerprint density at radius 3 is 2.35 bits per heavy atom. The number of nitrogens with zero attached hydrogens (tertiary/aromatic N) is 2. The van der Waals surface area contributed by atoms with Crippen LogP contribution in [0.25, 0.3) is 10.9 Å². The molecule has 6 heteroatoms. The molecule has 0 bridgehead atoms. The highest BCUT2D eigenvalue weighted by atomic mass is 16.5. The molecule has 1 aromatic heterocycles. The summed E-state index contributed by atoms with van der Waals surface area (Å²) in [6.07, 6.45) is 0. The van der Waals surface area contributed by atoms with Crippen molar-refractivity contribution >= 4 is 10.9 Å². The number of benzene rings is 1. The number of nitriles is 1. The first kappa shape index (κ1) is 17.0. The van der Waals surface area contributed by atoms with Gasteiger partial charge in [-0.3, -0.25) is 0 Å². The van der Waals surface area contributed by atoms with Crippen molar-refractivity contribution in [3.8, 4) is 23.4 Å². The van der Waals surface area contributed by atoms with Crippen LogP contribution in [0, 0.1) is 11.3 Å². The minimum atomic E-state index is 0.487. The number of rotatable bonds is 8. The predicted molar refractivity (Wildman–Crippen MR) is 89.4 cm³/mol. The molecular weight excluding hydrogens is 294 g/mol. The second kappa shape index (κ2) is 7.75. The summed E-state index contributed by atoms with van der Waals surface area (Å²) < 4.78 is 16.4. The molecule has 0 spiro atoms. The van der Waals surface area contributed by atoms with Crippen LogP contribution in [-0.4, -0.2) is 50.3 Å². The van der Waals surface area contributed by atoms with Gasteiger partial charge in [0.2, 0.25) is 5.88 Å². The van der Waals surface area contributed by atoms with Gasteiger partial charge in [-0.2, -0.15) is 5.26 Å². The van der Waals surface area contributed by atoms with Gasteiger partial charge in [-0.05, 0) is 19.2 Å². The number of hydrogen-bond acceptors (Lipinski definition) is 5. The molecule has 0 saturated carbocycles. The molecule has 124 valence electrons. The molecule has 0 aliphatic heterocycles. The smallest absolute Gasteiger partial charge is 0.210 e. The van der Waals surface area contributed by atoms with E-state index in [-0.39, 0.29) is 0 Å². The molecule has 1 heterocycles. The zero-order valence-corrected chi connectivity index (χ0v) is 14.1. The minimum absolute atomic E-state index is 0.487. The summed E-state index contributed by atoms with van der Waals surface area (Å²) in [4.78, 5) is 5.42. The summed E-state index contributed by atoms with van der Waals surface area (Å²) in [6.45, 7) is 7.53. The highest BCUT2D eigenvalue weighted by Gasteiger charge is 2.16. The van der Waals surface area contributed by atoms with Crippen LogP contribution in [0.1, 0.15) is 19.4 Å². The van der Waals surface area contributed by atoms with Crippen molar-refractivity contribution in [3.05, 3.63) is 17.7 Å². The molecule has 6 nitrogen and oxygen atoms in total. The summed E-state index contributed by atoms with van der Waals surface area (Å²) in [5.41, 5.74) is 1.28. The van der Waals surface area contributed by atoms with Crippen LogP contribution in [0.15, 0.2) is 12.1 Å². The Kier molecular flexibility index (Phi) is 5.72. The molecule has 0 saturated heterocycles. The quantitative estimate of drug-likeness (QED) is 0.810. The Bertz CT molecular complexity index is 699. The molecule has 1 N–H and O–H groups in total. The van der Waals surface area contributed by atoms with E-state index in [1.807, 2.05) is 6.07 Å². The van der Waals surface area contributed by atoms with E-state index < -0.39 is 0 Å². The molecular formula is C17H23N3O3. The van der Waals surface area contributed by atoms with Crippen molar-refractivity contribution in [3.63, 3.8) is 0 Å². The van der Waals surface area contributed by atoms with Gasteiger partial charge in [0.15, 0.2) is 11.5 Å². The lowest BCUT2D eigenvalue weighted by atomic mass is 10.1. The van der Waals surface area contributed by atoms with E-state index >= 15 is 0 Å². The summed E-state index contributed by atoms with van der Waals surface area (Å²) in [5, 5.41) is 10.2. The van der Waals surface area contributed by atoms with Crippen LogP contribution in [0.3, 0.4) is 0 Å². The Hall–Kier alpha value is -2.39. The lowest BCUT2D eigenvalue weighted by Crippen LogP contribution is -2.28. The van der Waals surface area contributed by atoms with Crippen molar-refractivity contribution in [2.75, 3.05) is 40.5 Å². The van der Waals surface area contributed by atoms with Gasteiger partial charge < -0.3 is 24.1 Å². The van der Waals surface area contributed by atoms with E-state index in [9.17, 15) is 5.26 Å². The van der Waals surface area contributed by atoms with Crippen LogP contribution in [0.5, 0.6) is 17.4 Å². The Labute approximate surface area is 136 Å². The molecule has 0 fully saturated rings. The van der Waals surface area contributed by atoms with Gasteiger partial charge in [-0.1, -0.05) is 13.8 Å². The lowest BCUT2D eigenvalue weighted by Gasteiger charge is -2.17. The van der Waals surface area contributed by atoms with Gasteiger partial charge in [-0.15, -0.1) is 0 Å². The normalized spacial score (nSPS) is 10.8. The predicted octanol–water partition coefficient (Wildman–Crippen LogP) is 2.78. The van der Waals surface area contributed by atoms with Crippen LogP contribution < -0.4 is 14.2 Å². The number of H-pyrrole nitrogens is 1. The highest BCUT2D eigenvalue weighted by Crippen LogP contribution is 2.36. The third-order valence-electron chi connectivity index (χ3n) is 3.93. The topological polar surface area (TPSA) is 70.5 Å². The molecule has 0 unspecified atom stereocenters. The van der Waals surface area contributed by atoms with E-state index in [1.165, 1.54) is 0 Å². The number of likely N-dealkylation sites (N-methyl/N-ethyl adjacent to an activating group) is 1. The highest BCUT2D eigenvalue weighted by molar-refractivity contribution is 5.91. The largest absolute Gasteiger partial charge is 0.493 e. The zero-order valence-electron chi connectivity index (χ0n) is 14.1. The molecule has 0 atom stereocenters. The molecule has 0 amide bonds. The average molecular weight is 317 g/mol. The molecule has 23 heavy (non-hydrogen) atoms. The Balaban J connectivity index is 2.28. The Morgan fingerprint density at radius 2 is 1.78 bits per heavy atom. The summed E-state index contributed by atoms with van der Waals surface area (Å²) >= 11 is 0. The Morgan fingerprint density at radius 1 is 1.13 bits per heavy atom. The van der Waals surface area contributed by atoms with E-state index in [4.69, 9.17) is 14.2 Å². The van der Waals surface area contributed by atoms with Crippen molar-refractivity contribution in [1.82, 2.24) is 9.88 Å². The van der Waals surface area contributed by atoms with Crippen LogP contribution in [0.4, 0.5) is 0 Å². The first-order valence-electron chi connectivity index (χ1n) is 7.71. The maximum absolute atomic E-state index is 9.46. The number of nitrogens with one attached hydrogen (secondary N) is 1. The van der Waals surface area contributed by atoms with Gasteiger partial charge in [0.25, 0.3) is 0 Å². The van der Waals surface area contributed by atoms with Gasteiger partial charge in [0, 0.05) is 18.0 Å². The van der Waals surface area contributed by atoms with Crippen molar-refractivity contribution in [2.24, 2.45) is 0 Å². The zero-order chi connectivity index (χ0) is 16.8. The molecule has 0 aliphatic rings. The first-order valence-corrected chi connectivity index (χ1v) is 7.71. The van der Waals surface area contributed by atoms with Gasteiger partial charge in [-0.25, -0.2) is 0 Å². The number of ether oxygens (including phenoxy) is 3. The molecule has 1 aromatic carbocycles. The SMILES string of the molecule is CCN(CC)CCOc1[nH]c2cc(OC)c(OC)cc2c1C#N. The standard InChI is InChI=1S/C17H23N3O3/c1-5-20(6-2)7-8-23-17-13(11-18)12-9-15(21-3)16(22-4)10-14(12)19-17/h9-10,19H,5-8H2,1-4H3. The van der Waals surface area contributed by atoms with Gasteiger partial charge >= 0.3 is 0 Å². The maximum atomic E-state index is 9.46. The van der Waals surface area contributed by atoms with Crippen molar-refractivity contribution in [1.29, 1.82) is 5.26 Å². The molecule has 0 radical (unpaired) electrons. The first-order chi connectivity index (χ1) is 11.2. The number of fused-ring (bicyclic) bond motifs is 1. The fourth-order valence-electron chi connectivity index (χ4n) is 2.53. The lowest BCUT2D eigenvalue weighted by molar-refractivity contribution is 0.218. The summed E-state index contributed by atoms with van der Waals surface area (Å²) in [7, 11) is 3.16. The second-order valence-corrected chi connectivity index (χ2v) is 5.07. The minimum Gasteiger partial charge on any atom is -0.493 e. The van der Waals surface area contributed by atoms with E-state index in [1.54, 1.807) is 20.3 Å². The molecule has 2 rings (SSSR count). The molecule has 2 aromatic rings. The third kappa shape index (κ3) is 3.51. The van der Waals surface area contributed by atoms with Gasteiger partial charge in [0.05, 0.1) is 19.7 Å². The average Bonchev–Trinajstić information content (AvgIpc) is 2.93.